The van der Waals surface area contributed by atoms with E-state index in [0.29, 0.717) is 0 Å². The molecule has 0 saturated carbocycles. The molecule has 0 bridgehead atoms. The van der Waals surface area contributed by atoms with Gasteiger partial charge in [-0.25, -0.2) is 4.98 Å². The van der Waals surface area contributed by atoms with Crippen LogP contribution in [0.2, 0.25) is 0 Å². The van der Waals surface area contributed by atoms with E-state index in [0.717, 1.165) is 22.5 Å². The van der Waals surface area contributed by atoms with Crippen LogP contribution < -0.4 is 5.32 Å². The topological polar surface area (TPSA) is 37.8 Å². The molecule has 17 heavy (non-hydrogen) atoms. The zero-order valence-electron chi connectivity index (χ0n) is 9.30. The number of aromatic nitrogens is 2. The molecule has 5 heteroatoms. The molecule has 3 nitrogen and oxygen atoms in total. The van der Waals surface area contributed by atoms with Crippen LogP contribution in [0, 0.1) is 0 Å². The van der Waals surface area contributed by atoms with E-state index in [1.165, 1.54) is 22.7 Å². The number of fused-ring (bicyclic) bond motifs is 1. The van der Waals surface area contributed by atoms with Crippen LogP contribution in [0.25, 0.3) is 21.5 Å². The summed E-state index contributed by atoms with van der Waals surface area (Å²) in [4.78, 5) is 5.72. The Morgan fingerprint density at radius 1 is 1.41 bits per heavy atom. The van der Waals surface area contributed by atoms with Crippen LogP contribution in [-0.2, 0) is 6.54 Å². The molecule has 0 aliphatic rings. The summed E-state index contributed by atoms with van der Waals surface area (Å²) in [6, 6.07) is 4.29. The second-order valence-corrected chi connectivity index (χ2v) is 5.32. The molecular formula is C12H11N3S2. The predicted molar refractivity (Wildman–Crippen MR) is 73.5 cm³/mol. The molecule has 3 rings (SSSR count). The first-order valence-corrected chi connectivity index (χ1v) is 7.01. The van der Waals surface area contributed by atoms with E-state index >= 15 is 0 Å². The van der Waals surface area contributed by atoms with Crippen molar-refractivity contribution in [3.8, 4) is 11.3 Å². The Labute approximate surface area is 107 Å². The summed E-state index contributed by atoms with van der Waals surface area (Å²) in [5.74, 6) is 0. The molecule has 0 fully saturated rings. The molecule has 86 valence electrons. The lowest BCUT2D eigenvalue weighted by Gasteiger charge is -2.07. The van der Waals surface area contributed by atoms with Gasteiger partial charge in [0.15, 0.2) is 0 Å². The smallest absolute Gasteiger partial charge is 0.144 e. The predicted octanol–water partition coefficient (Wildman–Crippen LogP) is 3.14. The fourth-order valence-electron chi connectivity index (χ4n) is 1.83. The Balaban J connectivity index is 2.22. The number of nitrogens with zero attached hydrogens (tertiary/aromatic N) is 2. The molecule has 0 aliphatic heterocycles. The van der Waals surface area contributed by atoms with Gasteiger partial charge in [-0.2, -0.15) is 15.7 Å². The minimum atomic E-state index is 0.823. The van der Waals surface area contributed by atoms with Crippen LogP contribution in [0.5, 0.6) is 0 Å². The molecule has 0 spiro atoms. The van der Waals surface area contributed by atoms with Crippen molar-refractivity contribution in [1.29, 1.82) is 0 Å². The van der Waals surface area contributed by atoms with Crippen molar-refractivity contribution in [3.05, 3.63) is 34.7 Å². The fraction of sp³-hybridized carbons (Fsp3) is 0.167. The van der Waals surface area contributed by atoms with Crippen molar-refractivity contribution in [3.63, 3.8) is 0 Å². The summed E-state index contributed by atoms with van der Waals surface area (Å²) in [6.45, 7) is 0.823. The average Bonchev–Trinajstić information content (AvgIpc) is 2.98. The van der Waals surface area contributed by atoms with E-state index in [2.05, 4.69) is 32.6 Å². The summed E-state index contributed by atoms with van der Waals surface area (Å²) in [7, 11) is 1.95. The number of hydrogen-bond acceptors (Lipinski definition) is 5. The maximum Gasteiger partial charge on any atom is 0.144 e. The molecule has 3 aromatic heterocycles. The minimum absolute atomic E-state index is 0.823. The molecule has 3 aromatic rings. The van der Waals surface area contributed by atoms with Gasteiger partial charge in [0.05, 0.1) is 11.9 Å². The Kier molecular flexibility index (Phi) is 2.88. The number of hydrogen-bond donors (Lipinski definition) is 1. The molecule has 0 saturated heterocycles. The van der Waals surface area contributed by atoms with Gasteiger partial charge in [-0.1, -0.05) is 0 Å². The molecular weight excluding hydrogens is 250 g/mol. The van der Waals surface area contributed by atoms with Gasteiger partial charge < -0.3 is 5.32 Å². The molecule has 0 aliphatic carbocycles. The van der Waals surface area contributed by atoms with Gasteiger partial charge in [0.2, 0.25) is 0 Å². The van der Waals surface area contributed by atoms with Gasteiger partial charge in [0.1, 0.15) is 4.83 Å². The fourth-order valence-corrected chi connectivity index (χ4v) is 3.08. The van der Waals surface area contributed by atoms with Gasteiger partial charge in [-0.3, -0.25) is 0 Å². The highest BCUT2D eigenvalue weighted by Crippen LogP contribution is 2.28. The first kappa shape index (κ1) is 10.8. The normalized spacial score (nSPS) is 11.1. The highest BCUT2D eigenvalue weighted by Gasteiger charge is 2.10. The molecule has 0 unspecified atom stereocenters. The van der Waals surface area contributed by atoms with Crippen LogP contribution in [0.15, 0.2) is 29.1 Å². The largest absolute Gasteiger partial charge is 0.316 e. The first-order valence-electron chi connectivity index (χ1n) is 5.30. The van der Waals surface area contributed by atoms with Crippen LogP contribution in [0.4, 0.5) is 0 Å². The van der Waals surface area contributed by atoms with Gasteiger partial charge in [0.25, 0.3) is 0 Å². The Bertz CT molecular complexity index is 628. The molecule has 0 radical (unpaired) electrons. The zero-order valence-corrected chi connectivity index (χ0v) is 10.9. The van der Waals surface area contributed by atoms with E-state index in [4.69, 9.17) is 4.98 Å². The van der Waals surface area contributed by atoms with Crippen LogP contribution in [0.1, 0.15) is 5.56 Å². The zero-order chi connectivity index (χ0) is 11.7. The van der Waals surface area contributed by atoms with E-state index in [9.17, 15) is 0 Å². The van der Waals surface area contributed by atoms with Gasteiger partial charge >= 0.3 is 0 Å². The van der Waals surface area contributed by atoms with E-state index in [1.54, 1.807) is 11.3 Å². The summed E-state index contributed by atoms with van der Waals surface area (Å²) in [6.07, 6.45) is 1.88. The molecule has 0 aromatic carbocycles. The Morgan fingerprint density at radius 2 is 2.35 bits per heavy atom. The highest BCUT2D eigenvalue weighted by atomic mass is 32.1. The third-order valence-electron chi connectivity index (χ3n) is 2.59. The summed E-state index contributed by atoms with van der Waals surface area (Å²) < 4.78 is 4.19. The standard InChI is InChI=1S/C12H11N3S2/c1-13-5-9-4-10-6-14-17-12(10)15-11(9)8-2-3-16-7-8/h2-4,6-7,13H,5H2,1H3. The van der Waals surface area contributed by atoms with Crippen molar-refractivity contribution < 1.29 is 0 Å². The SMILES string of the molecule is CNCc1cc2cnsc2nc1-c1ccsc1. The maximum absolute atomic E-state index is 4.72. The third kappa shape index (κ3) is 1.97. The average molecular weight is 261 g/mol. The van der Waals surface area contributed by atoms with E-state index in [-0.39, 0.29) is 0 Å². The molecule has 0 amide bonds. The summed E-state index contributed by atoms with van der Waals surface area (Å²) in [5.41, 5.74) is 3.48. The summed E-state index contributed by atoms with van der Waals surface area (Å²) in [5, 5.41) is 8.53. The second-order valence-electron chi connectivity index (χ2n) is 3.76. The van der Waals surface area contributed by atoms with Gasteiger partial charge in [-0.05, 0) is 41.7 Å². The number of rotatable bonds is 3. The van der Waals surface area contributed by atoms with Crippen LogP contribution in [-0.4, -0.2) is 16.4 Å². The monoisotopic (exact) mass is 261 g/mol. The molecule has 3 heterocycles. The molecule has 1 N–H and O–H groups in total. The quantitative estimate of drug-likeness (QED) is 0.787. The maximum atomic E-state index is 4.72. The van der Waals surface area contributed by atoms with Crippen molar-refractivity contribution >= 4 is 33.1 Å². The second kappa shape index (κ2) is 4.52. The van der Waals surface area contributed by atoms with Crippen LogP contribution in [0.3, 0.4) is 0 Å². The number of nitrogens with one attached hydrogen (secondary N) is 1. The van der Waals surface area contributed by atoms with E-state index < -0.39 is 0 Å². The third-order valence-corrected chi connectivity index (χ3v) is 3.98. The Hall–Kier alpha value is -1.30. The lowest BCUT2D eigenvalue weighted by molar-refractivity contribution is 0.817. The minimum Gasteiger partial charge on any atom is -0.316 e. The van der Waals surface area contributed by atoms with Gasteiger partial charge in [0, 0.05) is 22.9 Å². The van der Waals surface area contributed by atoms with Crippen molar-refractivity contribution in [1.82, 2.24) is 14.7 Å². The lowest BCUT2D eigenvalue weighted by atomic mass is 10.1. The van der Waals surface area contributed by atoms with Crippen molar-refractivity contribution in [2.45, 2.75) is 6.54 Å². The summed E-state index contributed by atoms with van der Waals surface area (Å²) >= 11 is 3.14. The van der Waals surface area contributed by atoms with Gasteiger partial charge in [-0.15, -0.1) is 0 Å². The molecule has 0 atom stereocenters. The van der Waals surface area contributed by atoms with Crippen LogP contribution >= 0.6 is 22.9 Å². The Morgan fingerprint density at radius 3 is 3.12 bits per heavy atom. The first-order chi connectivity index (χ1) is 8.38. The highest BCUT2D eigenvalue weighted by molar-refractivity contribution is 7.12. The van der Waals surface area contributed by atoms with Crippen molar-refractivity contribution in [2.24, 2.45) is 0 Å². The number of pyridine rings is 1. The number of thiophene rings is 1. The van der Waals surface area contributed by atoms with Crippen molar-refractivity contribution in [2.75, 3.05) is 7.05 Å². The lowest BCUT2D eigenvalue weighted by Crippen LogP contribution is -2.07. The van der Waals surface area contributed by atoms with E-state index in [1.807, 2.05) is 13.2 Å².